The summed E-state index contributed by atoms with van der Waals surface area (Å²) in [5.74, 6) is 0.790. The molecule has 2 heterocycles. The van der Waals surface area contributed by atoms with E-state index in [1.165, 1.54) is 19.3 Å². The number of rotatable bonds is 3. The van der Waals surface area contributed by atoms with E-state index in [2.05, 4.69) is 15.6 Å². The van der Waals surface area contributed by atoms with Crippen LogP contribution in [0.1, 0.15) is 19.3 Å². The number of pyridine rings is 1. The fraction of sp³-hybridized carbons (Fsp3) is 0.545. The summed E-state index contributed by atoms with van der Waals surface area (Å²) in [4.78, 5) is 4.07. The largest absolute Gasteiger partial charge is 0.504 e. The highest BCUT2D eigenvalue weighted by molar-refractivity contribution is 5.48. The van der Waals surface area contributed by atoms with Crippen molar-refractivity contribution in [2.24, 2.45) is 0 Å². The summed E-state index contributed by atoms with van der Waals surface area (Å²) in [6.45, 7) is 1.92. The van der Waals surface area contributed by atoms with Gasteiger partial charge in [-0.2, -0.15) is 0 Å². The smallest absolute Gasteiger partial charge is 0.168 e. The van der Waals surface area contributed by atoms with Crippen LogP contribution in [-0.2, 0) is 0 Å². The number of hydrogen-bond donors (Lipinski definition) is 3. The maximum Gasteiger partial charge on any atom is 0.168 e. The van der Waals surface area contributed by atoms with E-state index >= 15 is 0 Å². The first-order valence-electron chi connectivity index (χ1n) is 5.47. The summed E-state index contributed by atoms with van der Waals surface area (Å²) in [5, 5.41) is 16.1. The van der Waals surface area contributed by atoms with Crippen molar-refractivity contribution in [3.8, 4) is 5.75 Å². The number of aromatic nitrogens is 1. The lowest BCUT2D eigenvalue weighted by Gasteiger charge is -2.23. The van der Waals surface area contributed by atoms with E-state index in [0.717, 1.165) is 13.1 Å². The van der Waals surface area contributed by atoms with Gasteiger partial charge in [0.15, 0.2) is 11.6 Å². The van der Waals surface area contributed by atoms with E-state index in [4.69, 9.17) is 0 Å². The molecule has 1 fully saturated rings. The van der Waals surface area contributed by atoms with Crippen LogP contribution in [0.5, 0.6) is 5.75 Å². The zero-order chi connectivity index (χ0) is 10.5. The number of anilines is 1. The number of nitrogens with one attached hydrogen (secondary N) is 2. The Kier molecular flexibility index (Phi) is 3.40. The molecule has 0 aliphatic carbocycles. The third-order valence-corrected chi connectivity index (χ3v) is 2.71. The predicted octanol–water partition coefficient (Wildman–Crippen LogP) is 1.34. The normalized spacial score (nSPS) is 21.2. The van der Waals surface area contributed by atoms with Gasteiger partial charge in [-0.25, -0.2) is 4.98 Å². The molecule has 82 valence electrons. The molecule has 4 heteroatoms. The van der Waals surface area contributed by atoms with Crippen molar-refractivity contribution in [3.05, 3.63) is 18.3 Å². The first kappa shape index (κ1) is 10.2. The van der Waals surface area contributed by atoms with E-state index in [1.807, 2.05) is 0 Å². The van der Waals surface area contributed by atoms with Gasteiger partial charge in [-0.05, 0) is 31.5 Å². The molecule has 1 saturated heterocycles. The van der Waals surface area contributed by atoms with Crippen molar-refractivity contribution in [3.63, 3.8) is 0 Å². The fourth-order valence-electron chi connectivity index (χ4n) is 1.85. The summed E-state index contributed by atoms with van der Waals surface area (Å²) in [6.07, 6.45) is 5.43. The zero-order valence-electron chi connectivity index (χ0n) is 8.74. The van der Waals surface area contributed by atoms with Crippen LogP contribution in [0.25, 0.3) is 0 Å². The molecular weight excluding hydrogens is 190 g/mol. The van der Waals surface area contributed by atoms with Crippen molar-refractivity contribution >= 4 is 5.82 Å². The van der Waals surface area contributed by atoms with Gasteiger partial charge in [0.2, 0.25) is 0 Å². The van der Waals surface area contributed by atoms with Crippen molar-refractivity contribution in [1.29, 1.82) is 0 Å². The molecule has 2 rings (SSSR count). The second-order valence-corrected chi connectivity index (χ2v) is 3.90. The van der Waals surface area contributed by atoms with Crippen LogP contribution in [0.4, 0.5) is 5.82 Å². The van der Waals surface area contributed by atoms with Crippen LogP contribution in [0.3, 0.4) is 0 Å². The SMILES string of the molecule is Oc1cccnc1NCC1CCCCN1. The highest BCUT2D eigenvalue weighted by atomic mass is 16.3. The Labute approximate surface area is 89.7 Å². The molecule has 0 aromatic carbocycles. The molecule has 1 aliphatic heterocycles. The quantitative estimate of drug-likeness (QED) is 0.700. The molecule has 1 aromatic rings. The third kappa shape index (κ3) is 2.83. The summed E-state index contributed by atoms with van der Waals surface area (Å²) in [7, 11) is 0. The molecule has 15 heavy (non-hydrogen) atoms. The van der Waals surface area contributed by atoms with Crippen LogP contribution in [0.15, 0.2) is 18.3 Å². The topological polar surface area (TPSA) is 57.2 Å². The first-order chi connectivity index (χ1) is 7.36. The highest BCUT2D eigenvalue weighted by Gasteiger charge is 2.12. The van der Waals surface area contributed by atoms with E-state index in [9.17, 15) is 5.11 Å². The molecule has 0 bridgehead atoms. The Bertz CT molecular complexity index is 310. The van der Waals surface area contributed by atoms with Crippen LogP contribution < -0.4 is 10.6 Å². The Morgan fingerprint density at radius 2 is 2.47 bits per heavy atom. The molecule has 1 aliphatic rings. The third-order valence-electron chi connectivity index (χ3n) is 2.71. The number of hydrogen-bond acceptors (Lipinski definition) is 4. The number of piperidine rings is 1. The minimum Gasteiger partial charge on any atom is -0.504 e. The van der Waals surface area contributed by atoms with Gasteiger partial charge in [-0.1, -0.05) is 6.42 Å². The Hall–Kier alpha value is -1.29. The average Bonchev–Trinajstić information content (AvgIpc) is 2.29. The highest BCUT2D eigenvalue weighted by Crippen LogP contribution is 2.18. The van der Waals surface area contributed by atoms with Crippen molar-refractivity contribution < 1.29 is 5.11 Å². The molecule has 3 N–H and O–H groups in total. The zero-order valence-corrected chi connectivity index (χ0v) is 8.74. The monoisotopic (exact) mass is 207 g/mol. The van der Waals surface area contributed by atoms with Gasteiger partial charge >= 0.3 is 0 Å². The van der Waals surface area contributed by atoms with E-state index in [0.29, 0.717) is 11.9 Å². The molecule has 1 atom stereocenters. The second-order valence-electron chi connectivity index (χ2n) is 3.90. The Balaban J connectivity index is 1.84. The van der Waals surface area contributed by atoms with Crippen LogP contribution >= 0.6 is 0 Å². The van der Waals surface area contributed by atoms with Gasteiger partial charge in [0.05, 0.1) is 0 Å². The summed E-state index contributed by atoms with van der Waals surface area (Å²) in [5.41, 5.74) is 0. The lowest BCUT2D eigenvalue weighted by atomic mass is 10.1. The Morgan fingerprint density at radius 1 is 1.53 bits per heavy atom. The van der Waals surface area contributed by atoms with E-state index in [-0.39, 0.29) is 5.75 Å². The second kappa shape index (κ2) is 4.98. The molecule has 0 amide bonds. The minimum atomic E-state index is 0.216. The molecule has 0 radical (unpaired) electrons. The van der Waals surface area contributed by atoms with Crippen molar-refractivity contribution in [2.45, 2.75) is 25.3 Å². The molecule has 1 unspecified atom stereocenters. The maximum atomic E-state index is 9.49. The summed E-state index contributed by atoms with van der Waals surface area (Å²) in [6, 6.07) is 3.86. The predicted molar refractivity (Wildman–Crippen MR) is 60.0 cm³/mol. The van der Waals surface area contributed by atoms with Crippen LogP contribution in [0.2, 0.25) is 0 Å². The first-order valence-corrected chi connectivity index (χ1v) is 5.47. The molecule has 0 saturated carbocycles. The molecule has 0 spiro atoms. The molecular formula is C11H17N3O. The van der Waals surface area contributed by atoms with Crippen molar-refractivity contribution in [2.75, 3.05) is 18.4 Å². The molecule has 4 nitrogen and oxygen atoms in total. The average molecular weight is 207 g/mol. The Morgan fingerprint density at radius 3 is 3.20 bits per heavy atom. The lowest BCUT2D eigenvalue weighted by Crippen LogP contribution is -2.39. The standard InChI is InChI=1S/C11H17N3O/c15-10-5-3-7-13-11(10)14-8-9-4-1-2-6-12-9/h3,5,7,9,12,15H,1-2,4,6,8H2,(H,13,14). The molecule has 1 aromatic heterocycles. The van der Waals surface area contributed by atoms with Gasteiger partial charge in [0, 0.05) is 18.8 Å². The summed E-state index contributed by atoms with van der Waals surface area (Å²) >= 11 is 0. The maximum absolute atomic E-state index is 9.49. The van der Waals surface area contributed by atoms with Crippen LogP contribution in [-0.4, -0.2) is 29.2 Å². The van der Waals surface area contributed by atoms with Crippen molar-refractivity contribution in [1.82, 2.24) is 10.3 Å². The fourth-order valence-corrected chi connectivity index (χ4v) is 1.85. The number of aromatic hydroxyl groups is 1. The van der Waals surface area contributed by atoms with E-state index < -0.39 is 0 Å². The van der Waals surface area contributed by atoms with Gasteiger partial charge in [-0.15, -0.1) is 0 Å². The van der Waals surface area contributed by atoms with Gasteiger partial charge in [0.25, 0.3) is 0 Å². The summed E-state index contributed by atoms with van der Waals surface area (Å²) < 4.78 is 0. The lowest BCUT2D eigenvalue weighted by molar-refractivity contribution is 0.413. The van der Waals surface area contributed by atoms with Crippen LogP contribution in [0, 0.1) is 0 Å². The number of nitrogens with zero attached hydrogens (tertiary/aromatic N) is 1. The van der Waals surface area contributed by atoms with Gasteiger partial charge < -0.3 is 15.7 Å². The minimum absolute atomic E-state index is 0.216. The van der Waals surface area contributed by atoms with Gasteiger partial charge in [0.1, 0.15) is 0 Å². The van der Waals surface area contributed by atoms with Gasteiger partial charge in [-0.3, -0.25) is 0 Å². The van der Waals surface area contributed by atoms with E-state index in [1.54, 1.807) is 18.3 Å².